The van der Waals surface area contributed by atoms with Crippen LogP contribution in [0.5, 0.6) is 0 Å². The molecule has 0 saturated heterocycles. The van der Waals surface area contributed by atoms with Crippen LogP contribution in [0.15, 0.2) is 28.7 Å². The monoisotopic (exact) mass is 221 g/mol. The smallest absolute Gasteiger partial charge is 0.134 e. The lowest BCUT2D eigenvalue weighted by Crippen LogP contribution is -2.16. The molecule has 1 aromatic carbocycles. The predicted molar refractivity (Wildman–Crippen MR) is 62.8 cm³/mol. The highest BCUT2D eigenvalue weighted by molar-refractivity contribution is 5.78. The van der Waals surface area contributed by atoms with Crippen LogP contribution in [-0.4, -0.2) is 6.54 Å². The van der Waals surface area contributed by atoms with E-state index in [1.54, 1.807) is 6.07 Å². The number of hydrogen-bond donors (Lipinski definition) is 1. The average molecular weight is 221 g/mol. The van der Waals surface area contributed by atoms with Crippen molar-refractivity contribution in [3.8, 4) is 0 Å². The van der Waals surface area contributed by atoms with Crippen molar-refractivity contribution in [1.82, 2.24) is 0 Å². The van der Waals surface area contributed by atoms with Gasteiger partial charge >= 0.3 is 0 Å². The Morgan fingerprint density at radius 1 is 1.31 bits per heavy atom. The van der Waals surface area contributed by atoms with Gasteiger partial charge in [0.05, 0.1) is 0 Å². The minimum absolute atomic E-state index is 0.237. The van der Waals surface area contributed by atoms with Crippen molar-refractivity contribution in [2.24, 2.45) is 11.7 Å². The molecule has 3 heteroatoms. The second kappa shape index (κ2) is 4.26. The highest BCUT2D eigenvalue weighted by atomic mass is 19.1. The highest BCUT2D eigenvalue weighted by Crippen LogP contribution is 2.29. The Labute approximate surface area is 94.2 Å². The normalized spacial score (nSPS) is 15.2. The molecule has 0 amide bonds. The summed E-state index contributed by atoms with van der Waals surface area (Å²) in [5.41, 5.74) is 6.36. The molecule has 2 N–H and O–H groups in total. The SMILES string of the molecule is CC(CN)C(C)c1cc2cc(F)ccc2o1. The lowest BCUT2D eigenvalue weighted by atomic mass is 9.94. The zero-order valence-corrected chi connectivity index (χ0v) is 9.53. The van der Waals surface area contributed by atoms with Gasteiger partial charge in [0.25, 0.3) is 0 Å². The maximum Gasteiger partial charge on any atom is 0.134 e. The van der Waals surface area contributed by atoms with E-state index in [2.05, 4.69) is 13.8 Å². The summed E-state index contributed by atoms with van der Waals surface area (Å²) in [6.07, 6.45) is 0. The van der Waals surface area contributed by atoms with E-state index >= 15 is 0 Å². The first-order valence-corrected chi connectivity index (χ1v) is 5.51. The lowest BCUT2D eigenvalue weighted by molar-refractivity contribution is 0.416. The summed E-state index contributed by atoms with van der Waals surface area (Å²) in [5, 5.41) is 0.811. The molecule has 0 aliphatic rings. The summed E-state index contributed by atoms with van der Waals surface area (Å²) >= 11 is 0. The third-order valence-corrected chi connectivity index (χ3v) is 3.17. The van der Waals surface area contributed by atoms with Gasteiger partial charge in [-0.15, -0.1) is 0 Å². The molecule has 0 radical (unpaired) electrons. The van der Waals surface area contributed by atoms with Crippen LogP contribution in [-0.2, 0) is 0 Å². The molecule has 0 aliphatic heterocycles. The molecular formula is C13H16FNO. The van der Waals surface area contributed by atoms with Crippen LogP contribution < -0.4 is 5.73 Å². The zero-order chi connectivity index (χ0) is 11.7. The summed E-state index contributed by atoms with van der Waals surface area (Å²) in [7, 11) is 0. The number of rotatable bonds is 3. The second-order valence-electron chi connectivity index (χ2n) is 4.33. The standard InChI is InChI=1S/C13H16FNO/c1-8(7-15)9(2)13-6-10-5-11(14)3-4-12(10)16-13/h3-6,8-9H,7,15H2,1-2H3. The zero-order valence-electron chi connectivity index (χ0n) is 9.53. The van der Waals surface area contributed by atoms with Gasteiger partial charge in [-0.1, -0.05) is 13.8 Å². The fraction of sp³-hybridized carbons (Fsp3) is 0.385. The van der Waals surface area contributed by atoms with Gasteiger partial charge in [0, 0.05) is 11.3 Å². The minimum atomic E-state index is -0.237. The van der Waals surface area contributed by atoms with Gasteiger partial charge in [-0.3, -0.25) is 0 Å². The molecular weight excluding hydrogens is 205 g/mol. The van der Waals surface area contributed by atoms with Crippen LogP contribution in [0.2, 0.25) is 0 Å². The molecule has 2 rings (SSSR count). The van der Waals surface area contributed by atoms with Gasteiger partial charge in [-0.2, -0.15) is 0 Å². The highest BCUT2D eigenvalue weighted by Gasteiger charge is 2.17. The van der Waals surface area contributed by atoms with Crippen molar-refractivity contribution in [1.29, 1.82) is 0 Å². The molecule has 2 nitrogen and oxygen atoms in total. The van der Waals surface area contributed by atoms with Crippen LogP contribution in [0.1, 0.15) is 25.5 Å². The fourth-order valence-corrected chi connectivity index (χ4v) is 1.74. The van der Waals surface area contributed by atoms with Crippen molar-refractivity contribution in [3.05, 3.63) is 35.8 Å². The molecule has 2 unspecified atom stereocenters. The summed E-state index contributed by atoms with van der Waals surface area (Å²) in [5.74, 6) is 1.24. The van der Waals surface area contributed by atoms with Crippen molar-refractivity contribution in [2.75, 3.05) is 6.54 Å². The van der Waals surface area contributed by atoms with Crippen molar-refractivity contribution >= 4 is 11.0 Å². The molecule has 0 bridgehead atoms. The molecule has 0 fully saturated rings. The molecule has 0 spiro atoms. The van der Waals surface area contributed by atoms with Crippen LogP contribution in [0.3, 0.4) is 0 Å². The quantitative estimate of drug-likeness (QED) is 0.863. The second-order valence-corrected chi connectivity index (χ2v) is 4.33. The van der Waals surface area contributed by atoms with Gasteiger partial charge < -0.3 is 10.2 Å². The van der Waals surface area contributed by atoms with Crippen LogP contribution in [0, 0.1) is 11.7 Å². The number of benzene rings is 1. The van der Waals surface area contributed by atoms with Gasteiger partial charge in [-0.25, -0.2) is 4.39 Å². The van der Waals surface area contributed by atoms with E-state index in [-0.39, 0.29) is 11.7 Å². The topological polar surface area (TPSA) is 39.2 Å². The first-order chi connectivity index (χ1) is 7.61. The Morgan fingerprint density at radius 3 is 2.75 bits per heavy atom. The Kier molecular flexibility index (Phi) is 2.97. The van der Waals surface area contributed by atoms with Crippen LogP contribution in [0.4, 0.5) is 4.39 Å². The van der Waals surface area contributed by atoms with E-state index in [0.717, 1.165) is 16.7 Å². The Morgan fingerprint density at radius 2 is 2.06 bits per heavy atom. The minimum Gasteiger partial charge on any atom is -0.461 e. The van der Waals surface area contributed by atoms with E-state index in [4.69, 9.17) is 10.2 Å². The van der Waals surface area contributed by atoms with Crippen molar-refractivity contribution in [2.45, 2.75) is 19.8 Å². The van der Waals surface area contributed by atoms with E-state index in [1.165, 1.54) is 12.1 Å². The van der Waals surface area contributed by atoms with Gasteiger partial charge in [0.1, 0.15) is 17.2 Å². The van der Waals surface area contributed by atoms with E-state index in [1.807, 2.05) is 6.07 Å². The Hall–Kier alpha value is -1.35. The Balaban J connectivity index is 2.39. The summed E-state index contributed by atoms with van der Waals surface area (Å²) in [6, 6.07) is 6.46. The number of fused-ring (bicyclic) bond motifs is 1. The lowest BCUT2D eigenvalue weighted by Gasteiger charge is -2.14. The number of hydrogen-bond acceptors (Lipinski definition) is 2. The molecule has 0 aliphatic carbocycles. The molecule has 2 aromatic rings. The van der Waals surface area contributed by atoms with E-state index in [0.29, 0.717) is 12.5 Å². The molecule has 86 valence electrons. The number of furan rings is 1. The third kappa shape index (κ3) is 1.95. The van der Waals surface area contributed by atoms with Gasteiger partial charge in [0.15, 0.2) is 0 Å². The van der Waals surface area contributed by atoms with Crippen LogP contribution >= 0.6 is 0 Å². The summed E-state index contributed by atoms with van der Waals surface area (Å²) in [4.78, 5) is 0. The van der Waals surface area contributed by atoms with Crippen molar-refractivity contribution in [3.63, 3.8) is 0 Å². The summed E-state index contributed by atoms with van der Waals surface area (Å²) < 4.78 is 18.7. The molecule has 2 atom stereocenters. The Bertz CT molecular complexity index is 492. The number of halogens is 1. The molecule has 1 aromatic heterocycles. The molecule has 16 heavy (non-hydrogen) atoms. The predicted octanol–water partition coefficient (Wildman–Crippen LogP) is 3.27. The van der Waals surface area contributed by atoms with E-state index < -0.39 is 0 Å². The molecule has 1 heterocycles. The largest absolute Gasteiger partial charge is 0.461 e. The van der Waals surface area contributed by atoms with Crippen LogP contribution in [0.25, 0.3) is 11.0 Å². The summed E-state index contributed by atoms with van der Waals surface area (Å²) in [6.45, 7) is 4.77. The third-order valence-electron chi connectivity index (χ3n) is 3.17. The first-order valence-electron chi connectivity index (χ1n) is 5.51. The van der Waals surface area contributed by atoms with E-state index in [9.17, 15) is 4.39 Å². The van der Waals surface area contributed by atoms with Gasteiger partial charge in [-0.05, 0) is 36.7 Å². The van der Waals surface area contributed by atoms with Crippen molar-refractivity contribution < 1.29 is 8.81 Å². The van der Waals surface area contributed by atoms with Gasteiger partial charge in [0.2, 0.25) is 0 Å². The number of nitrogens with two attached hydrogens (primary N) is 1. The maximum atomic E-state index is 13.0. The average Bonchev–Trinajstić information content (AvgIpc) is 2.69. The maximum absolute atomic E-state index is 13.0. The molecule has 0 saturated carbocycles. The fourth-order valence-electron chi connectivity index (χ4n) is 1.74. The first kappa shape index (κ1) is 11.1.